The van der Waals surface area contributed by atoms with Crippen molar-refractivity contribution in [3.63, 3.8) is 0 Å². The Morgan fingerprint density at radius 3 is 2.21 bits per heavy atom. The second-order valence-corrected chi connectivity index (χ2v) is 11.7. The Labute approximate surface area is 280 Å². The van der Waals surface area contributed by atoms with Crippen LogP contribution in [0.4, 0.5) is 8.78 Å². The summed E-state index contributed by atoms with van der Waals surface area (Å²) in [5.74, 6) is -3.26. The van der Waals surface area contributed by atoms with Gasteiger partial charge in [-0.3, -0.25) is 14.4 Å². The Hall–Kier alpha value is -4.66. The summed E-state index contributed by atoms with van der Waals surface area (Å²) in [6.45, 7) is 6.91. The highest BCUT2D eigenvalue weighted by atomic mass is 19.1. The topological polar surface area (TPSA) is 132 Å². The number of carbonyl (C=O) groups is 3. The molecule has 0 aliphatic carbocycles. The molecule has 0 spiro atoms. The Bertz CT molecular complexity index is 1540. The summed E-state index contributed by atoms with van der Waals surface area (Å²) >= 11 is 0. The van der Waals surface area contributed by atoms with Crippen molar-refractivity contribution < 1.29 is 33.0 Å². The smallest absolute Gasteiger partial charge is 0.253 e. The number of nitriles is 1. The highest BCUT2D eigenvalue weighted by Gasteiger charge is 2.35. The van der Waals surface area contributed by atoms with Crippen LogP contribution in [-0.2, 0) is 22.5 Å². The van der Waals surface area contributed by atoms with Crippen LogP contribution in [0.5, 0.6) is 0 Å². The van der Waals surface area contributed by atoms with Crippen LogP contribution in [0.3, 0.4) is 0 Å². The van der Waals surface area contributed by atoms with E-state index in [2.05, 4.69) is 10.6 Å². The van der Waals surface area contributed by atoms with Crippen LogP contribution in [0.2, 0.25) is 0 Å². The van der Waals surface area contributed by atoms with E-state index >= 15 is 0 Å². The average molecular weight is 663 g/mol. The molecular weight excluding hydrogens is 618 g/mol. The van der Waals surface area contributed by atoms with Crippen LogP contribution in [0.25, 0.3) is 0 Å². The Morgan fingerprint density at radius 1 is 0.938 bits per heavy atom. The number of nitrogens with zero attached hydrogens (tertiary/aromatic N) is 2. The van der Waals surface area contributed by atoms with Gasteiger partial charge in [0.2, 0.25) is 0 Å². The van der Waals surface area contributed by atoms with Gasteiger partial charge in [-0.25, -0.2) is 8.78 Å². The van der Waals surface area contributed by atoms with E-state index in [-0.39, 0.29) is 49.4 Å². The molecule has 48 heavy (non-hydrogen) atoms. The summed E-state index contributed by atoms with van der Waals surface area (Å²) in [7, 11) is 0. The van der Waals surface area contributed by atoms with Crippen molar-refractivity contribution in [2.24, 2.45) is 0 Å². The van der Waals surface area contributed by atoms with Gasteiger partial charge in [-0.2, -0.15) is 5.26 Å². The number of halogens is 2. The number of amides is 3. The molecule has 3 rings (SSSR count). The van der Waals surface area contributed by atoms with Crippen LogP contribution < -0.4 is 10.6 Å². The lowest BCUT2D eigenvalue weighted by molar-refractivity contribution is -0.142. The van der Waals surface area contributed by atoms with E-state index in [1.165, 1.54) is 6.07 Å². The van der Waals surface area contributed by atoms with Crippen LogP contribution in [0, 0.1) is 29.9 Å². The molecule has 9 nitrogen and oxygen atoms in total. The standard InChI is InChI=1S/C37H44F2N4O5/c1-4-14-43(15-5-2)37(47)29-18-25(3)17-28(22-29)35(45)42-32(21-27-19-30(38)23-31(39)20-27)33(44)34(48-16-10-9-13-40)36(46)41-24-26-11-7-6-8-12-26/h6-8,11-12,17-20,22-23,32-34,44H,4-5,9-10,14-16,21,24H2,1-3H3,(H,41,46)(H,42,45)/t32-,33+,34+/m0/s1. The number of aliphatic hydroxyl groups excluding tert-OH is 1. The summed E-state index contributed by atoms with van der Waals surface area (Å²) in [6, 6.07) is 17.4. The number of ether oxygens (including phenoxy) is 1. The molecule has 0 saturated carbocycles. The highest BCUT2D eigenvalue weighted by molar-refractivity contribution is 6.00. The van der Waals surface area contributed by atoms with Gasteiger partial charge in [-0.1, -0.05) is 44.2 Å². The van der Waals surface area contributed by atoms with Crippen molar-refractivity contribution in [2.75, 3.05) is 19.7 Å². The molecule has 0 saturated heterocycles. The number of rotatable bonds is 18. The van der Waals surface area contributed by atoms with Crippen LogP contribution in [-0.4, -0.2) is 65.7 Å². The highest BCUT2D eigenvalue weighted by Crippen LogP contribution is 2.18. The van der Waals surface area contributed by atoms with Crippen LogP contribution in [0.15, 0.2) is 66.7 Å². The maximum atomic E-state index is 14.2. The van der Waals surface area contributed by atoms with Gasteiger partial charge in [0.15, 0.2) is 6.10 Å². The summed E-state index contributed by atoms with van der Waals surface area (Å²) in [4.78, 5) is 42.3. The number of hydrogen-bond acceptors (Lipinski definition) is 6. The summed E-state index contributed by atoms with van der Waals surface area (Å²) in [5.41, 5.74) is 2.03. The summed E-state index contributed by atoms with van der Waals surface area (Å²) in [6.07, 6.45) is -1.49. The molecule has 0 heterocycles. The lowest BCUT2D eigenvalue weighted by atomic mass is 9.96. The molecule has 3 amide bonds. The monoisotopic (exact) mass is 662 g/mol. The van der Waals surface area contributed by atoms with E-state index < -0.39 is 41.7 Å². The molecule has 3 atom stereocenters. The molecule has 0 unspecified atom stereocenters. The van der Waals surface area contributed by atoms with E-state index in [9.17, 15) is 28.3 Å². The van der Waals surface area contributed by atoms with E-state index in [1.807, 2.05) is 50.2 Å². The lowest BCUT2D eigenvalue weighted by Crippen LogP contribution is -2.55. The number of carbonyl (C=O) groups excluding carboxylic acids is 3. The van der Waals surface area contributed by atoms with Gasteiger partial charge in [0.1, 0.15) is 17.7 Å². The minimum Gasteiger partial charge on any atom is -0.388 e. The molecule has 3 N–H and O–H groups in total. The third-order valence-electron chi connectivity index (χ3n) is 7.58. The van der Waals surface area contributed by atoms with Gasteiger partial charge >= 0.3 is 0 Å². The van der Waals surface area contributed by atoms with Crippen molar-refractivity contribution in [1.82, 2.24) is 15.5 Å². The molecule has 0 bridgehead atoms. The van der Waals surface area contributed by atoms with Gasteiger partial charge in [0, 0.05) is 49.9 Å². The number of aryl methyl sites for hydroxylation is 1. The Balaban J connectivity index is 1.95. The second-order valence-electron chi connectivity index (χ2n) is 11.7. The fourth-order valence-corrected chi connectivity index (χ4v) is 5.35. The molecule has 11 heteroatoms. The lowest BCUT2D eigenvalue weighted by Gasteiger charge is -2.30. The normalized spacial score (nSPS) is 12.8. The summed E-state index contributed by atoms with van der Waals surface area (Å²) in [5, 5.41) is 26.1. The van der Waals surface area contributed by atoms with Crippen molar-refractivity contribution >= 4 is 17.7 Å². The van der Waals surface area contributed by atoms with E-state index in [0.29, 0.717) is 30.3 Å². The fourth-order valence-electron chi connectivity index (χ4n) is 5.35. The maximum Gasteiger partial charge on any atom is 0.253 e. The van der Waals surface area contributed by atoms with Gasteiger partial charge < -0.3 is 25.4 Å². The number of nitrogens with one attached hydrogen (secondary N) is 2. The molecule has 3 aromatic carbocycles. The SMILES string of the molecule is CCCN(CCC)C(=O)c1cc(C)cc(C(=O)N[C@@H](Cc2cc(F)cc(F)c2)[C@@H](O)[C@@H](OCCCC#N)C(=O)NCc2ccccc2)c1. The average Bonchev–Trinajstić information content (AvgIpc) is 3.06. The Morgan fingerprint density at radius 2 is 1.58 bits per heavy atom. The van der Waals surface area contributed by atoms with Crippen molar-refractivity contribution in [3.05, 3.63) is 106 Å². The first-order valence-corrected chi connectivity index (χ1v) is 16.2. The third kappa shape index (κ3) is 11.5. The third-order valence-corrected chi connectivity index (χ3v) is 7.58. The fraction of sp³-hybridized carbons (Fsp3) is 0.405. The molecule has 0 aromatic heterocycles. The van der Waals surface area contributed by atoms with E-state index in [1.54, 1.807) is 24.0 Å². The van der Waals surface area contributed by atoms with Gasteiger partial charge in [-0.05, 0) is 79.6 Å². The quantitative estimate of drug-likeness (QED) is 0.160. The summed E-state index contributed by atoms with van der Waals surface area (Å²) < 4.78 is 34.2. The van der Waals surface area contributed by atoms with Crippen LogP contribution >= 0.6 is 0 Å². The predicted octanol–water partition coefficient (Wildman–Crippen LogP) is 5.24. The molecule has 3 aromatic rings. The number of benzene rings is 3. The number of unbranched alkanes of at least 4 members (excludes halogenated alkanes) is 1. The maximum absolute atomic E-state index is 14.2. The molecular formula is C37H44F2N4O5. The first-order chi connectivity index (χ1) is 23.1. The molecule has 0 radical (unpaired) electrons. The number of hydrogen-bond donors (Lipinski definition) is 3. The molecule has 0 fully saturated rings. The predicted molar refractivity (Wildman–Crippen MR) is 178 cm³/mol. The van der Waals surface area contributed by atoms with E-state index in [0.717, 1.165) is 30.5 Å². The first kappa shape index (κ1) is 37.8. The minimum atomic E-state index is -1.69. The molecule has 0 aliphatic heterocycles. The zero-order chi connectivity index (χ0) is 35.1. The van der Waals surface area contributed by atoms with Crippen LogP contribution in [0.1, 0.15) is 76.9 Å². The minimum absolute atomic E-state index is 0.0430. The van der Waals surface area contributed by atoms with Crippen molar-refractivity contribution in [3.8, 4) is 6.07 Å². The molecule has 0 aliphatic rings. The Kier molecular flexibility index (Phi) is 15.1. The zero-order valence-electron chi connectivity index (χ0n) is 27.7. The van der Waals surface area contributed by atoms with Gasteiger partial charge in [-0.15, -0.1) is 0 Å². The van der Waals surface area contributed by atoms with Crippen molar-refractivity contribution in [1.29, 1.82) is 5.26 Å². The zero-order valence-corrected chi connectivity index (χ0v) is 27.7. The first-order valence-electron chi connectivity index (χ1n) is 16.2. The van der Waals surface area contributed by atoms with Crippen molar-refractivity contribution in [2.45, 2.75) is 77.7 Å². The second kappa shape index (κ2) is 19.2. The molecule has 256 valence electrons. The largest absolute Gasteiger partial charge is 0.388 e. The van der Waals surface area contributed by atoms with E-state index in [4.69, 9.17) is 10.00 Å². The van der Waals surface area contributed by atoms with Gasteiger partial charge in [0.05, 0.1) is 12.1 Å². The number of aliphatic hydroxyl groups is 1. The van der Waals surface area contributed by atoms with Gasteiger partial charge in [0.25, 0.3) is 17.7 Å².